The fourth-order valence-electron chi connectivity index (χ4n) is 2.40. The summed E-state index contributed by atoms with van der Waals surface area (Å²) in [5.74, 6) is 0.791. The van der Waals surface area contributed by atoms with Crippen LogP contribution < -0.4 is 5.73 Å². The molecule has 0 spiro atoms. The van der Waals surface area contributed by atoms with Gasteiger partial charge in [-0.25, -0.2) is 9.37 Å². The first kappa shape index (κ1) is 11.4. The average Bonchev–Trinajstić information content (AvgIpc) is 2.74. The minimum atomic E-state index is -0.868. The van der Waals surface area contributed by atoms with Crippen LogP contribution in [0.4, 0.5) is 4.39 Å². The van der Waals surface area contributed by atoms with Gasteiger partial charge in [-0.05, 0) is 6.92 Å². The molecule has 1 aromatic heterocycles. The van der Waals surface area contributed by atoms with Crippen molar-refractivity contribution in [2.75, 3.05) is 0 Å². The van der Waals surface area contributed by atoms with Crippen molar-refractivity contribution in [1.29, 1.82) is 0 Å². The first-order valence-corrected chi connectivity index (χ1v) is 6.17. The van der Waals surface area contributed by atoms with E-state index < -0.39 is 6.17 Å². The van der Waals surface area contributed by atoms with Gasteiger partial charge in [-0.1, -0.05) is 29.8 Å². The molecule has 1 aliphatic rings. The Morgan fingerprint density at radius 1 is 1.33 bits per heavy atom. The molecule has 2 atom stereocenters. The molecule has 0 saturated carbocycles. The van der Waals surface area contributed by atoms with Crippen LogP contribution in [0.5, 0.6) is 0 Å². The maximum atomic E-state index is 13.4. The number of aromatic nitrogens is 2. The lowest BCUT2D eigenvalue weighted by Gasteiger charge is -2.22. The molecular weight excluding hydrogens is 229 g/mol. The second-order valence-corrected chi connectivity index (χ2v) is 4.94. The highest BCUT2D eigenvalue weighted by Gasteiger charge is 2.26. The van der Waals surface area contributed by atoms with Gasteiger partial charge in [-0.3, -0.25) is 0 Å². The average molecular weight is 245 g/mol. The molecule has 3 nitrogen and oxygen atoms in total. The quantitative estimate of drug-likeness (QED) is 0.839. The number of benzene rings is 1. The molecular formula is C14H16FN3. The summed E-state index contributed by atoms with van der Waals surface area (Å²) in [5, 5.41) is 0. The Morgan fingerprint density at radius 3 is 2.78 bits per heavy atom. The number of imidazole rings is 1. The molecule has 0 amide bonds. The van der Waals surface area contributed by atoms with Crippen LogP contribution in [0.25, 0.3) is 11.3 Å². The normalized spacial score (nSPS) is 22.8. The van der Waals surface area contributed by atoms with E-state index in [0.717, 1.165) is 17.1 Å². The second kappa shape index (κ2) is 4.21. The van der Waals surface area contributed by atoms with Crippen molar-refractivity contribution in [3.8, 4) is 11.3 Å². The van der Waals surface area contributed by atoms with E-state index in [1.807, 2.05) is 42.0 Å². The zero-order chi connectivity index (χ0) is 12.7. The zero-order valence-electron chi connectivity index (χ0n) is 10.3. The van der Waals surface area contributed by atoms with Gasteiger partial charge in [0.25, 0.3) is 0 Å². The molecule has 0 radical (unpaired) electrons. The van der Waals surface area contributed by atoms with E-state index >= 15 is 0 Å². The standard InChI is InChI=1S/C14H16FN3/c1-9-2-4-10(5-3-9)13-8-18-7-11(15)6-12(16)14(18)17-13/h2-5,8,11-12H,6-7,16H2,1H3. The summed E-state index contributed by atoms with van der Waals surface area (Å²) in [4.78, 5) is 4.54. The number of hydrogen-bond donors (Lipinski definition) is 1. The van der Waals surface area contributed by atoms with Crippen molar-refractivity contribution >= 4 is 0 Å². The van der Waals surface area contributed by atoms with Gasteiger partial charge in [0.1, 0.15) is 12.0 Å². The van der Waals surface area contributed by atoms with Crippen molar-refractivity contribution in [1.82, 2.24) is 9.55 Å². The molecule has 2 unspecified atom stereocenters. The molecule has 18 heavy (non-hydrogen) atoms. The third-order valence-corrected chi connectivity index (χ3v) is 3.39. The number of nitrogens with two attached hydrogens (primary N) is 1. The van der Waals surface area contributed by atoms with Crippen LogP contribution in [-0.4, -0.2) is 15.7 Å². The van der Waals surface area contributed by atoms with E-state index in [1.54, 1.807) is 0 Å². The molecule has 1 aromatic carbocycles. The summed E-state index contributed by atoms with van der Waals surface area (Å²) in [6.45, 7) is 2.41. The number of alkyl halides is 1. The van der Waals surface area contributed by atoms with Crippen LogP contribution in [0.15, 0.2) is 30.5 Å². The van der Waals surface area contributed by atoms with E-state index in [4.69, 9.17) is 5.73 Å². The van der Waals surface area contributed by atoms with E-state index in [9.17, 15) is 4.39 Å². The Labute approximate surface area is 105 Å². The second-order valence-electron chi connectivity index (χ2n) is 4.94. The first-order chi connectivity index (χ1) is 8.63. The monoisotopic (exact) mass is 245 g/mol. The van der Waals surface area contributed by atoms with Crippen LogP contribution in [0.2, 0.25) is 0 Å². The van der Waals surface area contributed by atoms with Crippen molar-refractivity contribution in [2.45, 2.75) is 32.1 Å². The predicted molar refractivity (Wildman–Crippen MR) is 68.8 cm³/mol. The van der Waals surface area contributed by atoms with Crippen LogP contribution in [0.3, 0.4) is 0 Å². The predicted octanol–water partition coefficient (Wildman–Crippen LogP) is 2.60. The van der Waals surface area contributed by atoms with Gasteiger partial charge >= 0.3 is 0 Å². The van der Waals surface area contributed by atoms with Crippen molar-refractivity contribution < 1.29 is 4.39 Å². The molecule has 4 heteroatoms. The maximum Gasteiger partial charge on any atom is 0.126 e. The zero-order valence-corrected chi connectivity index (χ0v) is 10.3. The molecule has 0 saturated heterocycles. The highest BCUT2D eigenvalue weighted by molar-refractivity contribution is 5.59. The summed E-state index contributed by atoms with van der Waals surface area (Å²) < 4.78 is 15.3. The van der Waals surface area contributed by atoms with Crippen LogP contribution in [0.1, 0.15) is 23.9 Å². The molecule has 2 heterocycles. The highest BCUT2D eigenvalue weighted by Crippen LogP contribution is 2.28. The molecule has 1 aliphatic heterocycles. The molecule has 0 aliphatic carbocycles. The van der Waals surface area contributed by atoms with Gasteiger partial charge in [0.2, 0.25) is 0 Å². The molecule has 3 rings (SSSR count). The van der Waals surface area contributed by atoms with E-state index in [0.29, 0.717) is 13.0 Å². The van der Waals surface area contributed by atoms with Crippen molar-refractivity contribution in [2.24, 2.45) is 5.73 Å². The van der Waals surface area contributed by atoms with Gasteiger partial charge in [-0.2, -0.15) is 0 Å². The fraction of sp³-hybridized carbons (Fsp3) is 0.357. The summed E-state index contributed by atoms with van der Waals surface area (Å²) >= 11 is 0. The van der Waals surface area contributed by atoms with Gasteiger partial charge < -0.3 is 10.3 Å². The van der Waals surface area contributed by atoms with Crippen LogP contribution in [-0.2, 0) is 6.54 Å². The van der Waals surface area contributed by atoms with Gasteiger partial charge in [0, 0.05) is 18.2 Å². The molecule has 94 valence electrons. The number of halogens is 1. The Kier molecular flexibility index (Phi) is 2.67. The Bertz CT molecular complexity index is 559. The number of nitrogens with zero attached hydrogens (tertiary/aromatic N) is 2. The maximum absolute atomic E-state index is 13.4. The number of hydrogen-bond acceptors (Lipinski definition) is 2. The van der Waals surface area contributed by atoms with Gasteiger partial charge in [0.05, 0.1) is 18.3 Å². The highest BCUT2D eigenvalue weighted by atomic mass is 19.1. The fourth-order valence-corrected chi connectivity index (χ4v) is 2.40. The summed E-state index contributed by atoms with van der Waals surface area (Å²) in [5.41, 5.74) is 9.06. The lowest BCUT2D eigenvalue weighted by Crippen LogP contribution is -2.29. The van der Waals surface area contributed by atoms with Crippen LogP contribution >= 0.6 is 0 Å². The van der Waals surface area contributed by atoms with E-state index in [2.05, 4.69) is 4.98 Å². The lowest BCUT2D eigenvalue weighted by atomic mass is 10.1. The van der Waals surface area contributed by atoms with Crippen molar-refractivity contribution in [3.05, 3.63) is 41.9 Å². The molecule has 0 bridgehead atoms. The Morgan fingerprint density at radius 2 is 2.06 bits per heavy atom. The number of aryl methyl sites for hydroxylation is 1. The van der Waals surface area contributed by atoms with Crippen molar-refractivity contribution in [3.63, 3.8) is 0 Å². The molecule has 0 fully saturated rings. The number of fused-ring (bicyclic) bond motifs is 1. The van der Waals surface area contributed by atoms with E-state index in [-0.39, 0.29) is 6.04 Å². The molecule has 2 aromatic rings. The summed E-state index contributed by atoms with van der Waals surface area (Å²) in [6.07, 6.45) is 1.39. The third-order valence-electron chi connectivity index (χ3n) is 3.39. The van der Waals surface area contributed by atoms with Gasteiger partial charge in [-0.15, -0.1) is 0 Å². The molecule has 2 N–H and O–H groups in total. The Balaban J connectivity index is 2.00. The van der Waals surface area contributed by atoms with E-state index in [1.165, 1.54) is 5.56 Å². The summed E-state index contributed by atoms with van der Waals surface area (Å²) in [6, 6.07) is 7.86. The largest absolute Gasteiger partial charge is 0.330 e. The third kappa shape index (κ3) is 1.93. The minimum Gasteiger partial charge on any atom is -0.330 e. The smallest absolute Gasteiger partial charge is 0.126 e. The summed E-state index contributed by atoms with van der Waals surface area (Å²) in [7, 11) is 0. The van der Waals surface area contributed by atoms with Gasteiger partial charge in [0.15, 0.2) is 0 Å². The SMILES string of the molecule is Cc1ccc(-c2cn3c(n2)C(N)CC(F)C3)cc1. The number of rotatable bonds is 1. The lowest BCUT2D eigenvalue weighted by molar-refractivity contribution is 0.230. The first-order valence-electron chi connectivity index (χ1n) is 6.17. The topological polar surface area (TPSA) is 43.8 Å². The minimum absolute atomic E-state index is 0.298. The van der Waals surface area contributed by atoms with Crippen LogP contribution in [0, 0.1) is 6.92 Å². The Hall–Kier alpha value is -1.68.